The molecule has 2 aromatic rings. The van der Waals surface area contributed by atoms with Crippen molar-refractivity contribution in [2.45, 2.75) is 64.5 Å². The summed E-state index contributed by atoms with van der Waals surface area (Å²) >= 11 is 0. The molecule has 45 heavy (non-hydrogen) atoms. The molecule has 0 aromatic heterocycles. The first-order valence-corrected chi connectivity index (χ1v) is 16.9. The first kappa shape index (κ1) is 26.9. The lowest BCUT2D eigenvalue weighted by molar-refractivity contribution is -0.616. The van der Waals surface area contributed by atoms with Crippen LogP contribution in [0.2, 0.25) is 0 Å². The zero-order valence-corrected chi connectivity index (χ0v) is 24.8. The van der Waals surface area contributed by atoms with Crippen LogP contribution in [0.3, 0.4) is 0 Å². The number of benzene rings is 2. The van der Waals surface area contributed by atoms with Crippen molar-refractivity contribution in [3.63, 3.8) is 0 Å². The minimum absolute atomic E-state index is 0.0669. The Morgan fingerprint density at radius 1 is 0.533 bits per heavy atom. The molecule has 1 N–H and O–H groups in total. The van der Waals surface area contributed by atoms with Crippen LogP contribution in [0.5, 0.6) is 0 Å². The molecule has 0 spiro atoms. The van der Waals surface area contributed by atoms with Crippen LogP contribution >= 0.6 is 0 Å². The topological polar surface area (TPSA) is 12.0 Å². The Hall–Kier alpha value is -2.16. The van der Waals surface area contributed by atoms with Crippen LogP contribution in [0.4, 0.5) is 35.1 Å². The van der Waals surface area contributed by atoms with Gasteiger partial charge in [0, 0.05) is 34.3 Å². The van der Waals surface area contributed by atoms with Crippen LogP contribution in [-0.4, -0.2) is 12.1 Å². The van der Waals surface area contributed by atoms with E-state index < -0.39 is 87.6 Å². The van der Waals surface area contributed by atoms with Crippen molar-refractivity contribution in [3.05, 3.63) is 68.8 Å². The van der Waals surface area contributed by atoms with Gasteiger partial charge in [0.25, 0.3) is 0 Å². The van der Waals surface area contributed by atoms with Gasteiger partial charge in [-0.3, -0.25) is 0 Å². The van der Waals surface area contributed by atoms with Crippen LogP contribution < -0.4 is 5.32 Å². The van der Waals surface area contributed by atoms with Gasteiger partial charge in [0.15, 0.2) is 46.5 Å². The summed E-state index contributed by atoms with van der Waals surface area (Å²) in [5.74, 6) is -5.50. The fourth-order valence-electron chi connectivity index (χ4n) is 14.8. The number of hydrogen-bond donors (Lipinski definition) is 1. The van der Waals surface area contributed by atoms with Crippen LogP contribution in [-0.2, 0) is 25.7 Å². The number of nitrogens with one attached hydrogen (secondary N) is 1. The Kier molecular flexibility index (Phi) is 4.63. The standard InChI is InChI=1S/C36H33F8N/c1-9(7-13-29(41)25(37)11(26(38)30(13)42)3-5-35-10(2)15-21(35)20-33(15)45-34(20)35)8-14-31(43)27(39)12(28(40)32(14)44)4-6-36-22-17-16-18(22)24(36)19(16)23(17)36/h9-10,15-24,33-34,45H,3-8H2,1-2H3. The lowest BCUT2D eigenvalue weighted by atomic mass is 8.96. The van der Waals surface area contributed by atoms with Crippen LogP contribution in [0.1, 0.15) is 48.9 Å². The molecule has 1 heterocycles. The van der Waals surface area contributed by atoms with Crippen molar-refractivity contribution in [1.82, 2.24) is 5.32 Å². The third kappa shape index (κ3) is 2.41. The number of rotatable bonds is 10. The largest absolute Gasteiger partial charge is 0.310 e. The Balaban J connectivity index is 0.801. The molecule has 9 saturated carbocycles. The normalized spacial score (nSPS) is 48.5. The first-order valence-electron chi connectivity index (χ1n) is 16.9. The summed E-state index contributed by atoms with van der Waals surface area (Å²) < 4.78 is 122. The highest BCUT2D eigenvalue weighted by Crippen LogP contribution is 3.06. The smallest absolute Gasteiger partial charge is 0.165 e. The maximum Gasteiger partial charge on any atom is 0.165 e. The fraction of sp³-hybridized carbons (Fsp3) is 0.667. The van der Waals surface area contributed by atoms with Crippen LogP contribution in [0, 0.1) is 128 Å². The highest BCUT2D eigenvalue weighted by molar-refractivity contribution is 5.50. The lowest BCUT2D eigenvalue weighted by Crippen LogP contribution is -3.05. The van der Waals surface area contributed by atoms with Crippen LogP contribution in [0.25, 0.3) is 0 Å². The van der Waals surface area contributed by atoms with E-state index in [-0.39, 0.29) is 23.7 Å². The molecule has 9 heteroatoms. The van der Waals surface area contributed by atoms with Crippen molar-refractivity contribution in [2.24, 2.45) is 81.8 Å². The number of hydrogen-bond acceptors (Lipinski definition) is 1. The molecule has 10 fully saturated rings. The molecule has 1 saturated heterocycles. The van der Waals surface area contributed by atoms with Gasteiger partial charge in [-0.2, -0.15) is 0 Å². The third-order valence-electron chi connectivity index (χ3n) is 16.3. The summed E-state index contributed by atoms with van der Waals surface area (Å²) in [6.45, 7) is 3.52. The number of fused-ring (bicyclic) bond motifs is 2. The molecule has 1 nitrogen and oxygen atoms in total. The lowest BCUT2D eigenvalue weighted by Gasteiger charge is -3.08. The van der Waals surface area contributed by atoms with Gasteiger partial charge in [0.1, 0.15) is 0 Å². The predicted octanol–water partition coefficient (Wildman–Crippen LogP) is 7.31. The van der Waals surface area contributed by atoms with Crippen molar-refractivity contribution in [1.29, 1.82) is 0 Å². The summed E-state index contributed by atoms with van der Waals surface area (Å²) in [6, 6.07) is 0.866. The highest BCUT2D eigenvalue weighted by Gasteiger charge is 3.03. The Morgan fingerprint density at radius 3 is 1.33 bits per heavy atom. The van der Waals surface area contributed by atoms with Gasteiger partial charge in [-0.15, -0.1) is 0 Å². The second kappa shape index (κ2) is 7.76. The molecule has 2 aromatic carbocycles. The Labute approximate surface area is 255 Å². The SMILES string of the molecule is CC(Cc1c(F)c(F)c(CCC23C(C)C4C5NC2C5C43)c(F)c1F)Cc1c(F)c(F)c(CCC23C4C5C6C4C2C6C53)c(F)c1F. The van der Waals surface area contributed by atoms with Gasteiger partial charge in [0.2, 0.25) is 0 Å². The molecular weight excluding hydrogens is 598 g/mol. The summed E-state index contributed by atoms with van der Waals surface area (Å²) in [7, 11) is 0. The third-order valence-corrected chi connectivity index (χ3v) is 16.3. The fourth-order valence-corrected chi connectivity index (χ4v) is 14.8. The van der Waals surface area contributed by atoms with Gasteiger partial charge < -0.3 is 5.32 Å². The van der Waals surface area contributed by atoms with Gasteiger partial charge in [-0.05, 0) is 120 Å². The Bertz CT molecular complexity index is 1660. The summed E-state index contributed by atoms with van der Waals surface area (Å²) in [5.41, 5.74) is -2.86. The first-order chi connectivity index (χ1) is 21.5. The highest BCUT2D eigenvalue weighted by atomic mass is 19.2. The van der Waals surface area contributed by atoms with Crippen LogP contribution in [0.15, 0.2) is 0 Å². The summed E-state index contributed by atoms with van der Waals surface area (Å²) in [6.07, 6.45) is -0.421. The molecule has 0 bridgehead atoms. The van der Waals surface area contributed by atoms with Crippen molar-refractivity contribution < 1.29 is 35.1 Å². The minimum Gasteiger partial charge on any atom is -0.310 e. The molecular formula is C36H33F8N. The molecule has 12 rings (SSSR count). The second-order valence-electron chi connectivity index (χ2n) is 16.7. The van der Waals surface area contributed by atoms with Gasteiger partial charge in [0.05, 0.1) is 0 Å². The van der Waals surface area contributed by atoms with Crippen molar-refractivity contribution >= 4 is 0 Å². The Morgan fingerprint density at radius 2 is 0.933 bits per heavy atom. The average Bonchev–Trinajstić information content (AvgIpc) is 3.03. The van der Waals surface area contributed by atoms with Crippen molar-refractivity contribution in [3.8, 4) is 0 Å². The van der Waals surface area contributed by atoms with E-state index in [2.05, 4.69) is 12.2 Å². The zero-order chi connectivity index (χ0) is 31.0. The molecule has 238 valence electrons. The van der Waals surface area contributed by atoms with Gasteiger partial charge in [-0.25, -0.2) is 35.1 Å². The van der Waals surface area contributed by atoms with Gasteiger partial charge in [-0.1, -0.05) is 13.8 Å². The number of halogens is 8. The molecule has 9 aliphatic carbocycles. The van der Waals surface area contributed by atoms with E-state index in [9.17, 15) is 0 Å². The summed E-state index contributed by atoms with van der Waals surface area (Å²) in [4.78, 5) is 0. The molecule has 0 amide bonds. The number of piperidine rings is 4. The average molecular weight is 632 g/mol. The van der Waals surface area contributed by atoms with E-state index in [1.165, 1.54) is 6.92 Å². The summed E-state index contributed by atoms with van der Waals surface area (Å²) in [5, 5.41) is 3.53. The maximum absolute atomic E-state index is 15.2. The van der Waals surface area contributed by atoms with E-state index in [1.54, 1.807) is 0 Å². The van der Waals surface area contributed by atoms with E-state index >= 15 is 35.1 Å². The van der Waals surface area contributed by atoms with E-state index in [1.807, 2.05) is 0 Å². The zero-order valence-electron chi connectivity index (χ0n) is 24.8. The predicted molar refractivity (Wildman–Crippen MR) is 145 cm³/mol. The van der Waals surface area contributed by atoms with Gasteiger partial charge >= 0.3 is 0 Å². The van der Waals surface area contributed by atoms with Crippen molar-refractivity contribution in [2.75, 3.05) is 0 Å². The molecule has 10 aliphatic rings. The van der Waals surface area contributed by atoms with E-state index in [0.29, 0.717) is 66.4 Å². The monoisotopic (exact) mass is 631 g/mol. The molecule has 0 radical (unpaired) electrons. The minimum atomic E-state index is -1.53. The molecule has 8 unspecified atom stereocenters. The molecule has 8 atom stereocenters. The van der Waals surface area contributed by atoms with E-state index in [0.717, 1.165) is 23.7 Å². The van der Waals surface area contributed by atoms with E-state index in [4.69, 9.17) is 0 Å². The maximum atomic E-state index is 15.2. The second-order valence-corrected chi connectivity index (χ2v) is 16.7. The molecule has 1 aliphatic heterocycles. The quantitative estimate of drug-likeness (QED) is 0.214.